The molecule has 2 aromatic rings. The zero-order chi connectivity index (χ0) is 14.7. The van der Waals surface area contributed by atoms with Gasteiger partial charge in [0.05, 0.1) is 5.56 Å². The number of halogens is 1. The predicted molar refractivity (Wildman–Crippen MR) is 80.3 cm³/mol. The number of aromatic carboxylic acids is 1. The average molecular weight is 334 g/mol. The van der Waals surface area contributed by atoms with Crippen molar-refractivity contribution in [2.24, 2.45) is 0 Å². The number of benzene rings is 2. The molecule has 0 heterocycles. The second kappa shape index (κ2) is 5.88. The Labute approximate surface area is 124 Å². The van der Waals surface area contributed by atoms with Crippen molar-refractivity contribution >= 4 is 33.5 Å². The number of carbonyl (C=O) groups excluding carboxylic acids is 1. The van der Waals surface area contributed by atoms with E-state index in [2.05, 4.69) is 15.9 Å². The summed E-state index contributed by atoms with van der Waals surface area (Å²) in [6.07, 6.45) is 0. The zero-order valence-corrected chi connectivity index (χ0v) is 12.3. The molecule has 0 aliphatic rings. The number of carboxylic acid groups (broad SMARTS) is 1. The molecule has 0 unspecified atom stereocenters. The Bertz CT molecular complexity index is 655. The van der Waals surface area contributed by atoms with Crippen LogP contribution < -0.4 is 4.90 Å². The molecule has 0 aromatic heterocycles. The summed E-state index contributed by atoms with van der Waals surface area (Å²) in [5.74, 6) is -1.33. The molecule has 2 aromatic carbocycles. The zero-order valence-electron chi connectivity index (χ0n) is 10.7. The van der Waals surface area contributed by atoms with Gasteiger partial charge in [0.2, 0.25) is 0 Å². The van der Waals surface area contributed by atoms with Gasteiger partial charge in [-0.1, -0.05) is 34.1 Å². The highest BCUT2D eigenvalue weighted by atomic mass is 79.9. The summed E-state index contributed by atoms with van der Waals surface area (Å²) >= 11 is 3.22. The Morgan fingerprint density at radius 3 is 2.25 bits per heavy atom. The summed E-state index contributed by atoms with van der Waals surface area (Å²) in [5, 5.41) is 9.03. The summed E-state index contributed by atoms with van der Waals surface area (Å²) in [7, 11) is 1.65. The minimum atomic E-state index is -1.07. The topological polar surface area (TPSA) is 57.6 Å². The van der Waals surface area contributed by atoms with Crippen LogP contribution >= 0.6 is 15.9 Å². The van der Waals surface area contributed by atoms with Crippen LogP contribution in [-0.4, -0.2) is 24.0 Å². The van der Waals surface area contributed by atoms with E-state index in [1.165, 1.54) is 17.0 Å². The Kier molecular flexibility index (Phi) is 4.20. The highest BCUT2D eigenvalue weighted by Crippen LogP contribution is 2.20. The fourth-order valence-corrected chi connectivity index (χ4v) is 2.29. The standard InChI is InChI=1S/C15H12BrNO3/c1-17(13-5-3-2-4-6-13)14(18)10-7-11(15(19)20)9-12(16)8-10/h2-9H,1H3,(H,19,20). The van der Waals surface area contributed by atoms with Crippen molar-refractivity contribution in [1.82, 2.24) is 0 Å². The molecule has 1 N–H and O–H groups in total. The molecule has 0 saturated carbocycles. The van der Waals surface area contributed by atoms with Gasteiger partial charge in [-0.3, -0.25) is 4.79 Å². The van der Waals surface area contributed by atoms with E-state index in [0.717, 1.165) is 5.69 Å². The first-order chi connectivity index (χ1) is 9.49. The molecule has 20 heavy (non-hydrogen) atoms. The minimum Gasteiger partial charge on any atom is -0.478 e. The number of anilines is 1. The quantitative estimate of drug-likeness (QED) is 0.936. The van der Waals surface area contributed by atoms with Crippen molar-refractivity contribution in [2.45, 2.75) is 0 Å². The lowest BCUT2D eigenvalue weighted by atomic mass is 10.1. The highest BCUT2D eigenvalue weighted by molar-refractivity contribution is 9.10. The van der Waals surface area contributed by atoms with E-state index >= 15 is 0 Å². The smallest absolute Gasteiger partial charge is 0.335 e. The molecule has 0 atom stereocenters. The highest BCUT2D eigenvalue weighted by Gasteiger charge is 2.16. The summed E-state index contributed by atoms with van der Waals surface area (Å²) in [6.45, 7) is 0. The number of rotatable bonds is 3. The van der Waals surface area contributed by atoms with E-state index in [-0.39, 0.29) is 11.5 Å². The van der Waals surface area contributed by atoms with Crippen molar-refractivity contribution in [3.05, 3.63) is 64.1 Å². The molecule has 4 nitrogen and oxygen atoms in total. The van der Waals surface area contributed by atoms with Crippen LogP contribution in [0.5, 0.6) is 0 Å². The monoisotopic (exact) mass is 333 g/mol. The predicted octanol–water partition coefficient (Wildman–Crippen LogP) is 3.42. The van der Waals surface area contributed by atoms with Crippen LogP contribution in [0.1, 0.15) is 20.7 Å². The second-order valence-electron chi connectivity index (χ2n) is 4.23. The van der Waals surface area contributed by atoms with Gasteiger partial charge in [0.25, 0.3) is 5.91 Å². The molecule has 2 rings (SSSR count). The van der Waals surface area contributed by atoms with Crippen molar-refractivity contribution in [3.63, 3.8) is 0 Å². The van der Waals surface area contributed by atoms with Crippen LogP contribution in [0.15, 0.2) is 53.0 Å². The lowest BCUT2D eigenvalue weighted by molar-refractivity contribution is 0.0697. The molecular formula is C15H12BrNO3. The van der Waals surface area contributed by atoms with Gasteiger partial charge < -0.3 is 10.0 Å². The van der Waals surface area contributed by atoms with Crippen molar-refractivity contribution in [2.75, 3.05) is 11.9 Å². The first kappa shape index (κ1) is 14.3. The van der Waals surface area contributed by atoms with Gasteiger partial charge in [-0.2, -0.15) is 0 Å². The normalized spacial score (nSPS) is 10.1. The Balaban J connectivity index is 2.36. The van der Waals surface area contributed by atoms with Gasteiger partial charge in [0, 0.05) is 22.8 Å². The maximum Gasteiger partial charge on any atom is 0.335 e. The van der Waals surface area contributed by atoms with Crippen molar-refractivity contribution in [3.8, 4) is 0 Å². The van der Waals surface area contributed by atoms with Gasteiger partial charge >= 0.3 is 5.97 Å². The number of amides is 1. The molecule has 0 fully saturated rings. The van der Waals surface area contributed by atoms with E-state index in [1.807, 2.05) is 30.3 Å². The molecule has 0 radical (unpaired) electrons. The first-order valence-electron chi connectivity index (χ1n) is 5.86. The van der Waals surface area contributed by atoms with Crippen LogP contribution in [0, 0.1) is 0 Å². The van der Waals surface area contributed by atoms with E-state index < -0.39 is 5.97 Å². The number of hydrogen-bond donors (Lipinski definition) is 1. The van der Waals surface area contributed by atoms with E-state index in [9.17, 15) is 9.59 Å². The molecule has 1 amide bonds. The molecule has 0 spiro atoms. The Hall–Kier alpha value is -2.14. The molecular weight excluding hydrogens is 322 g/mol. The molecule has 0 saturated heterocycles. The molecule has 102 valence electrons. The summed E-state index contributed by atoms with van der Waals surface area (Å²) in [6, 6.07) is 13.6. The summed E-state index contributed by atoms with van der Waals surface area (Å²) in [5.41, 5.74) is 1.14. The third-order valence-electron chi connectivity index (χ3n) is 2.84. The van der Waals surface area contributed by atoms with Crippen LogP contribution in [0.4, 0.5) is 5.69 Å². The average Bonchev–Trinajstić information content (AvgIpc) is 2.46. The van der Waals surface area contributed by atoms with Gasteiger partial charge in [0.15, 0.2) is 0 Å². The third kappa shape index (κ3) is 3.05. The van der Waals surface area contributed by atoms with Gasteiger partial charge in [-0.25, -0.2) is 4.79 Å². The van der Waals surface area contributed by atoms with Crippen LogP contribution in [0.25, 0.3) is 0 Å². The lowest BCUT2D eigenvalue weighted by Gasteiger charge is -2.17. The molecule has 0 aliphatic heterocycles. The van der Waals surface area contributed by atoms with Gasteiger partial charge in [-0.05, 0) is 30.3 Å². The summed E-state index contributed by atoms with van der Waals surface area (Å²) < 4.78 is 0.558. The van der Waals surface area contributed by atoms with Crippen LogP contribution in [0.2, 0.25) is 0 Å². The van der Waals surface area contributed by atoms with Crippen molar-refractivity contribution < 1.29 is 14.7 Å². The fourth-order valence-electron chi connectivity index (χ4n) is 1.80. The second-order valence-corrected chi connectivity index (χ2v) is 5.15. The number of para-hydroxylation sites is 1. The minimum absolute atomic E-state index is 0.0733. The van der Waals surface area contributed by atoms with Gasteiger partial charge in [-0.15, -0.1) is 0 Å². The SMILES string of the molecule is CN(C(=O)c1cc(Br)cc(C(=O)O)c1)c1ccccc1. The number of carboxylic acids is 1. The van der Waals surface area contributed by atoms with E-state index in [4.69, 9.17) is 5.11 Å². The fraction of sp³-hybridized carbons (Fsp3) is 0.0667. The lowest BCUT2D eigenvalue weighted by Crippen LogP contribution is -2.26. The number of nitrogens with zero attached hydrogens (tertiary/aromatic N) is 1. The maximum atomic E-state index is 12.4. The van der Waals surface area contributed by atoms with Gasteiger partial charge in [0.1, 0.15) is 0 Å². The molecule has 0 bridgehead atoms. The van der Waals surface area contributed by atoms with Crippen LogP contribution in [0.3, 0.4) is 0 Å². The molecule has 0 aliphatic carbocycles. The van der Waals surface area contributed by atoms with E-state index in [1.54, 1.807) is 13.1 Å². The first-order valence-corrected chi connectivity index (χ1v) is 6.65. The Morgan fingerprint density at radius 2 is 1.65 bits per heavy atom. The van der Waals surface area contributed by atoms with Crippen molar-refractivity contribution in [1.29, 1.82) is 0 Å². The molecule has 5 heteroatoms. The third-order valence-corrected chi connectivity index (χ3v) is 3.30. The number of carbonyl (C=O) groups is 2. The van der Waals surface area contributed by atoms with Crippen LogP contribution in [-0.2, 0) is 0 Å². The Morgan fingerprint density at radius 1 is 1.05 bits per heavy atom. The summed E-state index contributed by atoms with van der Waals surface area (Å²) in [4.78, 5) is 24.9. The number of hydrogen-bond acceptors (Lipinski definition) is 2. The largest absolute Gasteiger partial charge is 0.478 e. The van der Waals surface area contributed by atoms with E-state index in [0.29, 0.717) is 10.0 Å². The maximum absolute atomic E-state index is 12.4.